The number of hydrogen-bond donors (Lipinski definition) is 2. The monoisotopic (exact) mass is 593 g/mol. The van der Waals surface area contributed by atoms with Crippen molar-refractivity contribution in [3.05, 3.63) is 46.1 Å². The first-order chi connectivity index (χ1) is 18.4. The molecule has 0 radical (unpaired) electrons. The number of piperidine rings is 1. The number of pyridine rings is 2. The molecule has 3 aromatic rings. The van der Waals surface area contributed by atoms with E-state index in [4.69, 9.17) is 0 Å². The van der Waals surface area contributed by atoms with Crippen molar-refractivity contribution in [3.8, 4) is 11.3 Å². The summed E-state index contributed by atoms with van der Waals surface area (Å²) in [5, 5.41) is 5.91. The lowest BCUT2D eigenvalue weighted by Crippen LogP contribution is -2.53. The minimum atomic E-state index is -4.66. The average Bonchev–Trinajstić information content (AvgIpc) is 3.10. The highest BCUT2D eigenvalue weighted by Crippen LogP contribution is 2.63. The van der Waals surface area contributed by atoms with E-state index in [2.05, 4.69) is 20.6 Å². The molecule has 1 saturated carbocycles. The van der Waals surface area contributed by atoms with E-state index >= 15 is 0 Å². The molecular formula is C27H27ClF3N5O3S. The molecule has 3 aliphatic rings. The van der Waals surface area contributed by atoms with Crippen LogP contribution >= 0.6 is 23.7 Å². The molecule has 3 unspecified atom stereocenters. The Labute approximate surface area is 238 Å². The number of amides is 3. The van der Waals surface area contributed by atoms with Gasteiger partial charge in [0.15, 0.2) is 0 Å². The number of likely N-dealkylation sites (tertiary alicyclic amines) is 1. The third-order valence-corrected chi connectivity index (χ3v) is 9.24. The number of nitrogens with zero attached hydrogens (tertiary/aromatic N) is 3. The molecular weight excluding hydrogens is 567 g/mol. The Bertz CT molecular complexity index is 1530. The van der Waals surface area contributed by atoms with Crippen molar-refractivity contribution in [3.63, 3.8) is 0 Å². The Morgan fingerprint density at radius 3 is 2.48 bits per heavy atom. The molecule has 0 bridgehead atoms. The zero-order valence-electron chi connectivity index (χ0n) is 21.9. The Kier molecular flexibility index (Phi) is 6.95. The number of carbonyl (C=O) groups is 3. The molecule has 0 aromatic carbocycles. The van der Waals surface area contributed by atoms with Gasteiger partial charge in [-0.25, -0.2) is 4.98 Å². The van der Waals surface area contributed by atoms with Crippen LogP contribution < -0.4 is 10.6 Å². The zero-order chi connectivity index (χ0) is 27.9. The lowest BCUT2D eigenvalue weighted by atomic mass is 9.94. The van der Waals surface area contributed by atoms with Gasteiger partial charge in [0.05, 0.1) is 40.3 Å². The highest BCUT2D eigenvalue weighted by atomic mass is 35.5. The molecule has 6 rings (SSSR count). The number of piperazine rings is 1. The molecule has 13 heteroatoms. The van der Waals surface area contributed by atoms with Crippen LogP contribution in [0.25, 0.3) is 21.5 Å². The Balaban J connectivity index is 0.00000323. The van der Waals surface area contributed by atoms with Gasteiger partial charge >= 0.3 is 6.18 Å². The number of aryl methyl sites for hydroxylation is 1. The number of rotatable bonds is 5. The summed E-state index contributed by atoms with van der Waals surface area (Å²) in [6, 6.07) is 3.78. The standard InChI is InChI=1S/C27H26F3N5O3S.ClH/c1-12-8-18(27(28,29)30)34-21(15(12)10-17-23(36)33-7-6-32-17)14-4-5-31-16-9-13(39-22(14)16)11-35-24(37)19-20(25(35)38)26(19,2)3;/h4-5,8-9,17,19-20,32H,6-7,10-11H2,1-3H3,(H,33,36);1H. The second kappa shape index (κ2) is 9.78. The molecule has 1 aliphatic carbocycles. The quantitative estimate of drug-likeness (QED) is 0.435. The Morgan fingerprint density at radius 2 is 1.82 bits per heavy atom. The molecule has 3 aromatic heterocycles. The summed E-state index contributed by atoms with van der Waals surface area (Å²) < 4.78 is 42.0. The minimum absolute atomic E-state index is 0. The highest BCUT2D eigenvalue weighted by Gasteiger charge is 2.72. The summed E-state index contributed by atoms with van der Waals surface area (Å²) in [7, 11) is 0. The maximum absolute atomic E-state index is 13.8. The van der Waals surface area contributed by atoms with E-state index in [0.29, 0.717) is 44.9 Å². The minimum Gasteiger partial charge on any atom is -0.353 e. The van der Waals surface area contributed by atoms with Gasteiger partial charge in [0.25, 0.3) is 0 Å². The number of halogens is 4. The van der Waals surface area contributed by atoms with Gasteiger partial charge < -0.3 is 10.6 Å². The van der Waals surface area contributed by atoms with Crippen LogP contribution in [0.5, 0.6) is 0 Å². The molecule has 0 spiro atoms. The third kappa shape index (κ3) is 4.55. The van der Waals surface area contributed by atoms with Gasteiger partial charge in [0, 0.05) is 29.7 Å². The molecule has 5 heterocycles. The van der Waals surface area contributed by atoms with E-state index < -0.39 is 17.9 Å². The molecule has 3 atom stereocenters. The van der Waals surface area contributed by atoms with Crippen LogP contribution in [0.1, 0.15) is 35.5 Å². The Morgan fingerprint density at radius 1 is 1.12 bits per heavy atom. The van der Waals surface area contributed by atoms with Crippen LogP contribution in [0.15, 0.2) is 24.4 Å². The van der Waals surface area contributed by atoms with E-state index in [-0.39, 0.29) is 66.0 Å². The van der Waals surface area contributed by atoms with Crippen molar-refractivity contribution >= 4 is 51.7 Å². The lowest BCUT2D eigenvalue weighted by molar-refractivity contribution is -0.144. The van der Waals surface area contributed by atoms with Crippen LogP contribution in [0.2, 0.25) is 0 Å². The van der Waals surface area contributed by atoms with E-state index in [1.807, 2.05) is 13.8 Å². The van der Waals surface area contributed by atoms with Crippen LogP contribution in [0.4, 0.5) is 13.2 Å². The first kappa shape index (κ1) is 28.4. The number of aromatic nitrogens is 2. The summed E-state index contributed by atoms with van der Waals surface area (Å²) in [6.07, 6.45) is -2.99. The van der Waals surface area contributed by atoms with Crippen molar-refractivity contribution in [2.24, 2.45) is 17.3 Å². The van der Waals surface area contributed by atoms with Crippen LogP contribution in [-0.4, -0.2) is 51.7 Å². The van der Waals surface area contributed by atoms with Crippen molar-refractivity contribution in [2.75, 3.05) is 13.1 Å². The highest BCUT2D eigenvalue weighted by molar-refractivity contribution is 7.19. The fourth-order valence-electron chi connectivity index (χ4n) is 5.91. The molecule has 2 saturated heterocycles. The smallest absolute Gasteiger partial charge is 0.353 e. The normalized spacial score (nSPS) is 23.7. The fraction of sp³-hybridized carbons (Fsp3) is 0.444. The largest absolute Gasteiger partial charge is 0.433 e. The van der Waals surface area contributed by atoms with Crippen LogP contribution in [-0.2, 0) is 33.5 Å². The van der Waals surface area contributed by atoms with E-state index in [1.54, 1.807) is 19.1 Å². The van der Waals surface area contributed by atoms with Gasteiger partial charge in [0.1, 0.15) is 5.69 Å². The number of imide groups is 1. The van der Waals surface area contributed by atoms with Gasteiger partial charge in [-0.3, -0.25) is 24.3 Å². The van der Waals surface area contributed by atoms with Crippen molar-refractivity contribution in [1.29, 1.82) is 0 Å². The van der Waals surface area contributed by atoms with Gasteiger partial charge in [-0.15, -0.1) is 23.7 Å². The maximum atomic E-state index is 13.8. The molecule has 3 fully saturated rings. The van der Waals surface area contributed by atoms with Crippen molar-refractivity contribution in [1.82, 2.24) is 25.5 Å². The molecule has 8 nitrogen and oxygen atoms in total. The van der Waals surface area contributed by atoms with Crippen LogP contribution in [0.3, 0.4) is 0 Å². The van der Waals surface area contributed by atoms with Crippen molar-refractivity contribution < 1.29 is 27.6 Å². The van der Waals surface area contributed by atoms with Gasteiger partial charge in [0.2, 0.25) is 17.7 Å². The van der Waals surface area contributed by atoms with E-state index in [9.17, 15) is 27.6 Å². The molecule has 2 aliphatic heterocycles. The molecule has 40 heavy (non-hydrogen) atoms. The summed E-state index contributed by atoms with van der Waals surface area (Å²) in [6.45, 7) is 6.55. The summed E-state index contributed by atoms with van der Waals surface area (Å²) in [5.41, 5.74) is 0.716. The van der Waals surface area contributed by atoms with E-state index in [0.717, 1.165) is 6.07 Å². The summed E-state index contributed by atoms with van der Waals surface area (Å²) in [5.74, 6) is -1.17. The summed E-state index contributed by atoms with van der Waals surface area (Å²) in [4.78, 5) is 48.6. The number of carbonyl (C=O) groups excluding carboxylic acids is 3. The maximum Gasteiger partial charge on any atom is 0.433 e. The molecule has 2 N–H and O–H groups in total. The fourth-order valence-corrected chi connectivity index (χ4v) is 7.03. The van der Waals surface area contributed by atoms with Gasteiger partial charge in [-0.1, -0.05) is 13.8 Å². The summed E-state index contributed by atoms with van der Waals surface area (Å²) >= 11 is 1.28. The molecule has 3 amide bonds. The van der Waals surface area contributed by atoms with Gasteiger partial charge in [-0.2, -0.15) is 13.2 Å². The van der Waals surface area contributed by atoms with Crippen LogP contribution in [0, 0.1) is 24.2 Å². The number of alkyl halides is 3. The van der Waals surface area contributed by atoms with Gasteiger partial charge in [-0.05, 0) is 48.1 Å². The first-order valence-corrected chi connectivity index (χ1v) is 13.5. The molecule has 212 valence electrons. The SMILES string of the molecule is Cc1cc(C(F)(F)F)nc(-c2ccnc3cc(CN4C(=O)C5C(C4=O)C5(C)C)sc23)c1CC1NCCNC1=O.Cl. The predicted octanol–water partition coefficient (Wildman–Crippen LogP) is 3.88. The lowest BCUT2D eigenvalue weighted by Gasteiger charge is -2.25. The number of nitrogens with one attached hydrogen (secondary N) is 2. The first-order valence-electron chi connectivity index (χ1n) is 12.7. The number of hydrogen-bond acceptors (Lipinski definition) is 7. The number of thiophene rings is 1. The Hall–Kier alpha value is -3.09. The second-order valence-corrected chi connectivity index (χ2v) is 12.1. The average molecular weight is 594 g/mol. The van der Waals surface area contributed by atoms with E-state index in [1.165, 1.54) is 22.4 Å². The predicted molar refractivity (Wildman–Crippen MR) is 145 cm³/mol. The number of fused-ring (bicyclic) bond motifs is 2. The second-order valence-electron chi connectivity index (χ2n) is 11.0. The van der Waals surface area contributed by atoms with Crippen molar-refractivity contribution in [2.45, 2.75) is 46.0 Å². The zero-order valence-corrected chi connectivity index (χ0v) is 23.5. The third-order valence-electron chi connectivity index (χ3n) is 8.10. The topological polar surface area (TPSA) is 104 Å².